The van der Waals surface area contributed by atoms with Crippen LogP contribution in [0.25, 0.3) is 0 Å². The minimum absolute atomic E-state index is 0.169. The summed E-state index contributed by atoms with van der Waals surface area (Å²) in [6, 6.07) is 1.73. The van der Waals surface area contributed by atoms with Crippen LogP contribution in [0.2, 0.25) is 5.02 Å². The van der Waals surface area contributed by atoms with Crippen LogP contribution in [0.5, 0.6) is 0 Å². The molecule has 6 heteroatoms. The van der Waals surface area contributed by atoms with Crippen LogP contribution in [0.4, 0.5) is 8.78 Å². The molecule has 1 N–H and O–H groups in total. The molecular formula is C12H14ClF2NO2. The standard InChI is InChI=1S/C12H14ClF2NO2/c1-16-12(11-6-17-2-3-18-11)7-4-9(14)10(15)5-8(7)13/h4-5,11-12,16H,2-3,6H2,1H3. The Bertz CT molecular complexity index is 425. The molecule has 100 valence electrons. The van der Waals surface area contributed by atoms with Crippen molar-refractivity contribution in [2.45, 2.75) is 12.1 Å². The zero-order chi connectivity index (χ0) is 13.1. The third kappa shape index (κ3) is 2.80. The highest BCUT2D eigenvalue weighted by molar-refractivity contribution is 6.31. The molecule has 1 aliphatic heterocycles. The molecule has 0 bridgehead atoms. The summed E-state index contributed by atoms with van der Waals surface area (Å²) in [5.41, 5.74) is 0.466. The lowest BCUT2D eigenvalue weighted by Crippen LogP contribution is -2.39. The largest absolute Gasteiger partial charge is 0.376 e. The first-order valence-electron chi connectivity index (χ1n) is 5.64. The zero-order valence-electron chi connectivity index (χ0n) is 9.88. The van der Waals surface area contributed by atoms with Crippen molar-refractivity contribution in [3.63, 3.8) is 0 Å². The number of benzene rings is 1. The average molecular weight is 278 g/mol. The summed E-state index contributed by atoms with van der Waals surface area (Å²) in [6.07, 6.45) is -0.272. The number of hydrogen-bond acceptors (Lipinski definition) is 3. The maximum atomic E-state index is 13.3. The fourth-order valence-electron chi connectivity index (χ4n) is 2.02. The Morgan fingerprint density at radius 3 is 2.67 bits per heavy atom. The average Bonchev–Trinajstić information content (AvgIpc) is 2.38. The predicted octanol–water partition coefficient (Wildman–Crippen LogP) is 2.29. The molecule has 3 nitrogen and oxygen atoms in total. The van der Waals surface area contributed by atoms with Gasteiger partial charge in [-0.05, 0) is 24.7 Å². The van der Waals surface area contributed by atoms with Crippen molar-refractivity contribution >= 4 is 11.6 Å². The SMILES string of the molecule is CNC(c1cc(F)c(F)cc1Cl)C1COCCO1. The highest BCUT2D eigenvalue weighted by Crippen LogP contribution is 2.29. The molecule has 0 aliphatic carbocycles. The van der Waals surface area contributed by atoms with E-state index in [1.165, 1.54) is 0 Å². The number of likely N-dealkylation sites (N-methyl/N-ethyl adjacent to an activating group) is 1. The van der Waals surface area contributed by atoms with Crippen LogP contribution in [-0.2, 0) is 9.47 Å². The van der Waals surface area contributed by atoms with Crippen LogP contribution < -0.4 is 5.32 Å². The van der Waals surface area contributed by atoms with E-state index < -0.39 is 11.6 Å². The van der Waals surface area contributed by atoms with E-state index >= 15 is 0 Å². The summed E-state index contributed by atoms with van der Waals surface area (Å²) in [5.74, 6) is -1.88. The molecule has 1 saturated heterocycles. The van der Waals surface area contributed by atoms with Crippen LogP contribution in [0.15, 0.2) is 12.1 Å². The van der Waals surface area contributed by atoms with Gasteiger partial charge in [-0.25, -0.2) is 8.78 Å². The summed E-state index contributed by atoms with van der Waals surface area (Å²) in [7, 11) is 1.71. The summed E-state index contributed by atoms with van der Waals surface area (Å²) in [5, 5.41) is 3.17. The molecule has 0 saturated carbocycles. The molecule has 0 radical (unpaired) electrons. The van der Waals surface area contributed by atoms with E-state index in [9.17, 15) is 8.78 Å². The van der Waals surface area contributed by atoms with Crippen molar-refractivity contribution in [1.29, 1.82) is 0 Å². The maximum absolute atomic E-state index is 13.3. The third-order valence-electron chi connectivity index (χ3n) is 2.90. The summed E-state index contributed by atoms with van der Waals surface area (Å²) < 4.78 is 37.2. The first-order chi connectivity index (χ1) is 8.63. The van der Waals surface area contributed by atoms with Crippen molar-refractivity contribution < 1.29 is 18.3 Å². The molecule has 1 aliphatic rings. The fraction of sp³-hybridized carbons (Fsp3) is 0.500. The van der Waals surface area contributed by atoms with Gasteiger partial charge in [0.15, 0.2) is 11.6 Å². The Labute approximate surface area is 109 Å². The van der Waals surface area contributed by atoms with Crippen LogP contribution >= 0.6 is 11.6 Å². The number of hydrogen-bond donors (Lipinski definition) is 1. The smallest absolute Gasteiger partial charge is 0.160 e. The Hall–Kier alpha value is -0.750. The number of nitrogens with one attached hydrogen (secondary N) is 1. The highest BCUT2D eigenvalue weighted by Gasteiger charge is 2.28. The maximum Gasteiger partial charge on any atom is 0.160 e. The Morgan fingerprint density at radius 1 is 1.33 bits per heavy atom. The second-order valence-electron chi connectivity index (χ2n) is 4.04. The molecule has 1 fully saturated rings. The summed E-state index contributed by atoms with van der Waals surface area (Å²) in [4.78, 5) is 0. The van der Waals surface area contributed by atoms with Gasteiger partial charge in [0, 0.05) is 5.02 Å². The van der Waals surface area contributed by atoms with Crippen LogP contribution in [0.3, 0.4) is 0 Å². The van der Waals surface area contributed by atoms with E-state index in [2.05, 4.69) is 5.32 Å². The molecule has 1 aromatic rings. The second-order valence-corrected chi connectivity index (χ2v) is 4.45. The van der Waals surface area contributed by atoms with E-state index in [0.717, 1.165) is 12.1 Å². The minimum Gasteiger partial charge on any atom is -0.376 e. The summed E-state index contributed by atoms with van der Waals surface area (Å²) in [6.45, 7) is 1.41. The highest BCUT2D eigenvalue weighted by atomic mass is 35.5. The lowest BCUT2D eigenvalue weighted by atomic mass is 10.0. The van der Waals surface area contributed by atoms with Crippen LogP contribution in [0.1, 0.15) is 11.6 Å². The van der Waals surface area contributed by atoms with Crippen molar-refractivity contribution in [3.05, 3.63) is 34.4 Å². The van der Waals surface area contributed by atoms with Gasteiger partial charge in [0.05, 0.1) is 25.9 Å². The lowest BCUT2D eigenvalue weighted by Gasteiger charge is -2.31. The van der Waals surface area contributed by atoms with Crippen molar-refractivity contribution in [3.8, 4) is 0 Å². The molecule has 2 atom stereocenters. The topological polar surface area (TPSA) is 30.5 Å². The van der Waals surface area contributed by atoms with E-state index in [4.69, 9.17) is 21.1 Å². The molecule has 1 heterocycles. The fourth-order valence-corrected chi connectivity index (χ4v) is 2.28. The monoisotopic (exact) mass is 277 g/mol. The first kappa shape index (κ1) is 13.7. The van der Waals surface area contributed by atoms with Gasteiger partial charge in [-0.15, -0.1) is 0 Å². The predicted molar refractivity (Wildman–Crippen MR) is 63.7 cm³/mol. The number of halogens is 3. The van der Waals surface area contributed by atoms with Crippen LogP contribution in [-0.4, -0.2) is 33.0 Å². The molecular weight excluding hydrogens is 264 g/mol. The van der Waals surface area contributed by atoms with Gasteiger partial charge < -0.3 is 14.8 Å². The zero-order valence-corrected chi connectivity index (χ0v) is 10.6. The Morgan fingerprint density at radius 2 is 2.06 bits per heavy atom. The van der Waals surface area contributed by atoms with E-state index in [-0.39, 0.29) is 17.2 Å². The van der Waals surface area contributed by atoms with Gasteiger partial charge in [0.25, 0.3) is 0 Å². The van der Waals surface area contributed by atoms with Gasteiger partial charge >= 0.3 is 0 Å². The van der Waals surface area contributed by atoms with Gasteiger partial charge in [-0.3, -0.25) is 0 Å². The third-order valence-corrected chi connectivity index (χ3v) is 3.23. The number of rotatable bonds is 3. The van der Waals surface area contributed by atoms with Gasteiger partial charge in [-0.1, -0.05) is 11.6 Å². The van der Waals surface area contributed by atoms with E-state index in [0.29, 0.717) is 25.4 Å². The molecule has 18 heavy (non-hydrogen) atoms. The van der Waals surface area contributed by atoms with Gasteiger partial charge in [0.2, 0.25) is 0 Å². The van der Waals surface area contributed by atoms with Gasteiger partial charge in [-0.2, -0.15) is 0 Å². The van der Waals surface area contributed by atoms with Crippen molar-refractivity contribution in [2.75, 3.05) is 26.9 Å². The molecule has 0 aromatic heterocycles. The van der Waals surface area contributed by atoms with Crippen molar-refractivity contribution in [2.24, 2.45) is 0 Å². The molecule has 1 aromatic carbocycles. The number of ether oxygens (including phenoxy) is 2. The van der Waals surface area contributed by atoms with E-state index in [1.54, 1.807) is 7.05 Å². The molecule has 2 unspecified atom stereocenters. The van der Waals surface area contributed by atoms with Crippen molar-refractivity contribution in [1.82, 2.24) is 5.32 Å². The molecule has 2 rings (SSSR count). The Kier molecular flexibility index (Phi) is 4.50. The minimum atomic E-state index is -0.959. The summed E-state index contributed by atoms with van der Waals surface area (Å²) >= 11 is 5.95. The first-order valence-corrected chi connectivity index (χ1v) is 6.02. The second kappa shape index (κ2) is 5.93. The quantitative estimate of drug-likeness (QED) is 0.860. The lowest BCUT2D eigenvalue weighted by molar-refractivity contribution is -0.101. The normalized spacial score (nSPS) is 21.9. The van der Waals surface area contributed by atoms with E-state index in [1.807, 2.05) is 0 Å². The van der Waals surface area contributed by atoms with Crippen LogP contribution in [0, 0.1) is 11.6 Å². The Balaban J connectivity index is 2.28. The molecule has 0 amide bonds. The van der Waals surface area contributed by atoms with Gasteiger partial charge in [0.1, 0.15) is 6.10 Å². The molecule has 0 spiro atoms.